The molecule has 0 unspecified atom stereocenters. The predicted octanol–water partition coefficient (Wildman–Crippen LogP) is 4.60. The van der Waals surface area contributed by atoms with Crippen LogP contribution in [0.3, 0.4) is 0 Å². The quantitative estimate of drug-likeness (QED) is 0.472. The molecule has 7 heteroatoms. The van der Waals surface area contributed by atoms with Gasteiger partial charge < -0.3 is 14.6 Å². The molecule has 4 aromatic rings. The van der Waals surface area contributed by atoms with E-state index in [-0.39, 0.29) is 5.56 Å². The Balaban J connectivity index is 1.30. The third-order valence-corrected chi connectivity index (χ3v) is 7.64. The average Bonchev–Trinajstić information content (AvgIpc) is 3.26. The van der Waals surface area contributed by atoms with Crippen LogP contribution < -0.4 is 15.2 Å². The first-order chi connectivity index (χ1) is 16.0. The van der Waals surface area contributed by atoms with E-state index in [2.05, 4.69) is 46.8 Å². The van der Waals surface area contributed by atoms with Gasteiger partial charge in [-0.15, -0.1) is 11.3 Å². The standard InChI is InChI=1S/C26H28N4O2S/c1-17-5-4-6-22(18(17)2)30-13-11-29(12-14-30)16-24-27-21-15-23(33-25(21)26(31)28-24)19-7-9-20(32-3)10-8-19/h4-10,15H,11-14,16H2,1-3H3,(H,27,28,31). The van der Waals surface area contributed by atoms with Crippen molar-refractivity contribution in [1.82, 2.24) is 14.9 Å². The Labute approximate surface area is 197 Å². The Morgan fingerprint density at radius 3 is 2.55 bits per heavy atom. The minimum atomic E-state index is -0.0613. The maximum Gasteiger partial charge on any atom is 0.268 e. The van der Waals surface area contributed by atoms with Crippen molar-refractivity contribution in [2.45, 2.75) is 20.4 Å². The highest BCUT2D eigenvalue weighted by atomic mass is 32.1. The highest BCUT2D eigenvalue weighted by molar-refractivity contribution is 7.22. The number of hydrogen-bond acceptors (Lipinski definition) is 6. The van der Waals surface area contributed by atoms with Crippen LogP contribution in [0.25, 0.3) is 20.7 Å². The van der Waals surface area contributed by atoms with E-state index in [1.54, 1.807) is 7.11 Å². The molecule has 0 amide bonds. The smallest absolute Gasteiger partial charge is 0.268 e. The topological polar surface area (TPSA) is 61.5 Å². The molecule has 1 fully saturated rings. The Bertz CT molecular complexity index is 1330. The molecule has 0 bridgehead atoms. The lowest BCUT2D eigenvalue weighted by Crippen LogP contribution is -2.46. The molecule has 6 nitrogen and oxygen atoms in total. The molecule has 33 heavy (non-hydrogen) atoms. The predicted molar refractivity (Wildman–Crippen MR) is 136 cm³/mol. The molecule has 1 aliphatic rings. The van der Waals surface area contributed by atoms with Gasteiger partial charge >= 0.3 is 0 Å². The molecule has 5 rings (SSSR count). The minimum Gasteiger partial charge on any atom is -0.497 e. The van der Waals surface area contributed by atoms with Gasteiger partial charge in [0.2, 0.25) is 0 Å². The molecular formula is C26H28N4O2S. The number of rotatable bonds is 5. The van der Waals surface area contributed by atoms with Crippen LogP contribution in [0.4, 0.5) is 5.69 Å². The number of nitrogens with one attached hydrogen (secondary N) is 1. The zero-order valence-corrected chi connectivity index (χ0v) is 20.0. The summed E-state index contributed by atoms with van der Waals surface area (Å²) in [6.45, 7) is 8.83. The van der Waals surface area contributed by atoms with Gasteiger partial charge in [0.05, 0.1) is 19.2 Å². The first-order valence-corrected chi connectivity index (χ1v) is 12.0. The van der Waals surface area contributed by atoms with Gasteiger partial charge in [-0.05, 0) is 66.9 Å². The van der Waals surface area contributed by atoms with Crippen molar-refractivity contribution in [3.63, 3.8) is 0 Å². The Hall–Kier alpha value is -3.16. The number of aromatic amines is 1. The molecule has 3 heterocycles. The second-order valence-corrected chi connectivity index (χ2v) is 9.60. The number of H-pyrrole nitrogens is 1. The molecule has 1 aliphatic heterocycles. The molecule has 1 N–H and O–H groups in total. The summed E-state index contributed by atoms with van der Waals surface area (Å²) in [5.74, 6) is 1.54. The average molecular weight is 461 g/mol. The first-order valence-electron chi connectivity index (χ1n) is 11.2. The zero-order valence-electron chi connectivity index (χ0n) is 19.2. The maximum atomic E-state index is 12.8. The van der Waals surface area contributed by atoms with Crippen LogP contribution in [-0.2, 0) is 6.54 Å². The van der Waals surface area contributed by atoms with E-state index in [0.29, 0.717) is 11.2 Å². The summed E-state index contributed by atoms with van der Waals surface area (Å²) in [5.41, 5.74) is 5.77. The van der Waals surface area contributed by atoms with Gasteiger partial charge in [-0.1, -0.05) is 12.1 Å². The number of benzene rings is 2. The molecule has 2 aromatic carbocycles. The summed E-state index contributed by atoms with van der Waals surface area (Å²) < 4.78 is 5.91. The Morgan fingerprint density at radius 2 is 1.82 bits per heavy atom. The molecule has 0 radical (unpaired) electrons. The van der Waals surface area contributed by atoms with Crippen molar-refractivity contribution in [2.75, 3.05) is 38.2 Å². The van der Waals surface area contributed by atoms with Gasteiger partial charge in [-0.3, -0.25) is 9.69 Å². The van der Waals surface area contributed by atoms with Crippen molar-refractivity contribution < 1.29 is 4.74 Å². The number of thiophene rings is 1. The lowest BCUT2D eigenvalue weighted by molar-refractivity contribution is 0.244. The van der Waals surface area contributed by atoms with E-state index in [1.165, 1.54) is 28.2 Å². The zero-order chi connectivity index (χ0) is 22.9. The van der Waals surface area contributed by atoms with E-state index in [0.717, 1.165) is 53.7 Å². The fourth-order valence-corrected chi connectivity index (χ4v) is 5.39. The number of ether oxygens (including phenoxy) is 1. The largest absolute Gasteiger partial charge is 0.497 e. The van der Waals surface area contributed by atoms with Crippen molar-refractivity contribution in [2.24, 2.45) is 0 Å². The van der Waals surface area contributed by atoms with Crippen LogP contribution in [0, 0.1) is 13.8 Å². The summed E-state index contributed by atoms with van der Waals surface area (Å²) in [7, 11) is 1.66. The van der Waals surface area contributed by atoms with Crippen molar-refractivity contribution in [3.8, 4) is 16.2 Å². The van der Waals surface area contributed by atoms with Crippen LogP contribution in [0.1, 0.15) is 17.0 Å². The van der Waals surface area contributed by atoms with Crippen molar-refractivity contribution >= 4 is 27.2 Å². The molecule has 0 atom stereocenters. The number of fused-ring (bicyclic) bond motifs is 1. The van der Waals surface area contributed by atoms with Crippen LogP contribution in [0.5, 0.6) is 5.75 Å². The lowest BCUT2D eigenvalue weighted by atomic mass is 10.1. The van der Waals surface area contributed by atoms with Crippen molar-refractivity contribution in [3.05, 3.63) is 75.8 Å². The Morgan fingerprint density at radius 1 is 1.06 bits per heavy atom. The van der Waals surface area contributed by atoms with E-state index >= 15 is 0 Å². The number of aromatic nitrogens is 2. The fraction of sp³-hybridized carbons (Fsp3) is 0.308. The van der Waals surface area contributed by atoms with Gasteiger partial charge in [-0.2, -0.15) is 0 Å². The third kappa shape index (κ3) is 4.38. The van der Waals surface area contributed by atoms with Gasteiger partial charge in [0, 0.05) is 36.7 Å². The van der Waals surface area contributed by atoms with E-state index in [9.17, 15) is 4.79 Å². The Kier molecular flexibility index (Phi) is 5.91. The SMILES string of the molecule is COc1ccc(-c2cc3nc(CN4CCN(c5cccc(C)c5C)CC4)[nH]c(=O)c3s2)cc1. The van der Waals surface area contributed by atoms with Crippen LogP contribution in [0.15, 0.2) is 53.3 Å². The second kappa shape index (κ2) is 9.00. The van der Waals surface area contributed by atoms with E-state index in [1.807, 2.05) is 30.3 Å². The van der Waals surface area contributed by atoms with Crippen LogP contribution in [0.2, 0.25) is 0 Å². The summed E-state index contributed by atoms with van der Waals surface area (Å²) in [6.07, 6.45) is 0. The first kappa shape index (κ1) is 21.7. The highest BCUT2D eigenvalue weighted by Gasteiger charge is 2.20. The maximum absolute atomic E-state index is 12.8. The second-order valence-electron chi connectivity index (χ2n) is 8.55. The fourth-order valence-electron chi connectivity index (χ4n) is 4.40. The van der Waals surface area contributed by atoms with Gasteiger partial charge in [0.25, 0.3) is 5.56 Å². The summed E-state index contributed by atoms with van der Waals surface area (Å²) in [4.78, 5) is 26.4. The monoisotopic (exact) mass is 460 g/mol. The molecule has 0 spiro atoms. The molecule has 0 saturated carbocycles. The minimum absolute atomic E-state index is 0.0613. The van der Waals surface area contributed by atoms with Crippen molar-refractivity contribution in [1.29, 1.82) is 0 Å². The van der Waals surface area contributed by atoms with Gasteiger partial charge in [0.1, 0.15) is 16.3 Å². The summed E-state index contributed by atoms with van der Waals surface area (Å²) >= 11 is 1.48. The lowest BCUT2D eigenvalue weighted by Gasteiger charge is -2.36. The van der Waals surface area contributed by atoms with Crippen LogP contribution >= 0.6 is 11.3 Å². The summed E-state index contributed by atoms with van der Waals surface area (Å²) in [6, 6.07) is 16.4. The molecule has 2 aromatic heterocycles. The number of anilines is 1. The van der Waals surface area contributed by atoms with Gasteiger partial charge in [-0.25, -0.2) is 4.98 Å². The molecule has 1 saturated heterocycles. The van der Waals surface area contributed by atoms with E-state index in [4.69, 9.17) is 9.72 Å². The normalized spacial score (nSPS) is 14.7. The van der Waals surface area contributed by atoms with Gasteiger partial charge in [0.15, 0.2) is 0 Å². The van der Waals surface area contributed by atoms with Crippen LogP contribution in [-0.4, -0.2) is 48.2 Å². The number of aryl methyl sites for hydroxylation is 1. The number of methoxy groups -OCH3 is 1. The molecule has 170 valence electrons. The number of hydrogen-bond donors (Lipinski definition) is 1. The molecule has 0 aliphatic carbocycles. The van der Waals surface area contributed by atoms with E-state index < -0.39 is 0 Å². The third-order valence-electron chi connectivity index (χ3n) is 6.47. The molecular weight excluding hydrogens is 432 g/mol. The number of piperazine rings is 1. The highest BCUT2D eigenvalue weighted by Crippen LogP contribution is 2.32. The number of nitrogens with zero attached hydrogens (tertiary/aromatic N) is 3. The summed E-state index contributed by atoms with van der Waals surface area (Å²) in [5, 5.41) is 0.